The first-order valence-electron chi connectivity index (χ1n) is 8.21. The number of nitrogens with zero attached hydrogens (tertiary/aromatic N) is 1. The van der Waals surface area contributed by atoms with Crippen molar-refractivity contribution >= 4 is 28.2 Å². The largest absolute Gasteiger partial charge is 0.462 e. The maximum atomic E-state index is 12.3. The normalized spacial score (nSPS) is 18.7. The smallest absolute Gasteiger partial charge is 0.341 e. The molecule has 1 amide bonds. The Morgan fingerprint density at radius 2 is 2.13 bits per heavy atom. The van der Waals surface area contributed by atoms with E-state index in [0.717, 1.165) is 30.0 Å². The van der Waals surface area contributed by atoms with Crippen molar-refractivity contribution in [2.24, 2.45) is 5.92 Å². The van der Waals surface area contributed by atoms with Gasteiger partial charge in [0.1, 0.15) is 5.00 Å². The number of rotatable bonds is 5. The van der Waals surface area contributed by atoms with Gasteiger partial charge in [0.05, 0.1) is 18.7 Å². The maximum Gasteiger partial charge on any atom is 0.341 e. The van der Waals surface area contributed by atoms with E-state index in [0.29, 0.717) is 29.6 Å². The topological polar surface area (TPSA) is 58.6 Å². The minimum atomic E-state index is -0.365. The molecule has 6 heteroatoms. The molecule has 1 unspecified atom stereocenters. The van der Waals surface area contributed by atoms with Crippen LogP contribution in [0.3, 0.4) is 0 Å². The lowest BCUT2D eigenvalue weighted by atomic mass is 10.0. The van der Waals surface area contributed by atoms with E-state index in [1.54, 1.807) is 6.92 Å². The van der Waals surface area contributed by atoms with E-state index in [-0.39, 0.29) is 11.9 Å². The van der Waals surface area contributed by atoms with Crippen LogP contribution in [0.1, 0.15) is 47.5 Å². The van der Waals surface area contributed by atoms with Gasteiger partial charge >= 0.3 is 5.97 Å². The number of aryl methyl sites for hydroxylation is 1. The minimum absolute atomic E-state index is 0.0640. The first kappa shape index (κ1) is 17.9. The fourth-order valence-corrected chi connectivity index (χ4v) is 4.03. The van der Waals surface area contributed by atoms with Crippen molar-refractivity contribution < 1.29 is 14.3 Å². The number of esters is 1. The number of nitrogens with one attached hydrogen (secondary N) is 1. The highest BCUT2D eigenvalue weighted by Crippen LogP contribution is 2.33. The molecule has 1 N–H and O–H groups in total. The lowest BCUT2D eigenvalue weighted by Gasteiger charge is -2.30. The van der Waals surface area contributed by atoms with Crippen LogP contribution in [0, 0.1) is 19.8 Å². The van der Waals surface area contributed by atoms with Crippen LogP contribution in [0.2, 0.25) is 0 Å². The highest BCUT2D eigenvalue weighted by atomic mass is 32.1. The van der Waals surface area contributed by atoms with E-state index in [1.807, 2.05) is 13.8 Å². The molecule has 1 fully saturated rings. The van der Waals surface area contributed by atoms with Crippen LogP contribution in [0.4, 0.5) is 5.00 Å². The zero-order valence-corrected chi connectivity index (χ0v) is 15.2. The van der Waals surface area contributed by atoms with E-state index in [2.05, 4.69) is 17.1 Å². The Hall–Kier alpha value is -1.40. The zero-order valence-electron chi connectivity index (χ0n) is 14.4. The zero-order chi connectivity index (χ0) is 17.0. The van der Waals surface area contributed by atoms with Crippen molar-refractivity contribution in [3.05, 3.63) is 16.0 Å². The molecule has 0 spiro atoms. The van der Waals surface area contributed by atoms with Crippen LogP contribution in [-0.2, 0) is 9.53 Å². The molecule has 5 nitrogen and oxygen atoms in total. The van der Waals surface area contributed by atoms with Crippen LogP contribution in [0.5, 0.6) is 0 Å². The van der Waals surface area contributed by atoms with Gasteiger partial charge in [0, 0.05) is 11.4 Å². The molecule has 128 valence electrons. The van der Waals surface area contributed by atoms with E-state index in [9.17, 15) is 9.59 Å². The third kappa shape index (κ3) is 4.54. The number of anilines is 1. The van der Waals surface area contributed by atoms with Gasteiger partial charge < -0.3 is 10.1 Å². The Labute approximate surface area is 142 Å². The van der Waals surface area contributed by atoms with Crippen LogP contribution < -0.4 is 5.32 Å². The summed E-state index contributed by atoms with van der Waals surface area (Å²) < 4.78 is 5.11. The summed E-state index contributed by atoms with van der Waals surface area (Å²) in [5.41, 5.74) is 1.38. The summed E-state index contributed by atoms with van der Waals surface area (Å²) in [5.74, 6) is 0.208. The predicted molar refractivity (Wildman–Crippen MR) is 93.2 cm³/mol. The maximum absolute atomic E-state index is 12.3. The number of ether oxygens (including phenoxy) is 1. The third-order valence-electron chi connectivity index (χ3n) is 4.23. The molecule has 1 aromatic rings. The van der Waals surface area contributed by atoms with Gasteiger partial charge in [-0.25, -0.2) is 4.79 Å². The summed E-state index contributed by atoms with van der Waals surface area (Å²) in [6, 6.07) is 0. The van der Waals surface area contributed by atoms with E-state index >= 15 is 0 Å². The number of thiophene rings is 1. The van der Waals surface area contributed by atoms with Gasteiger partial charge in [0.15, 0.2) is 0 Å². The highest BCUT2D eigenvalue weighted by molar-refractivity contribution is 7.16. The molecule has 23 heavy (non-hydrogen) atoms. The van der Waals surface area contributed by atoms with Crippen molar-refractivity contribution in [1.82, 2.24) is 4.90 Å². The average Bonchev–Trinajstić information content (AvgIpc) is 2.73. The van der Waals surface area contributed by atoms with Crippen molar-refractivity contribution in [1.29, 1.82) is 0 Å². The van der Waals surface area contributed by atoms with Crippen LogP contribution in [-0.4, -0.2) is 43.0 Å². The quantitative estimate of drug-likeness (QED) is 0.838. The summed E-state index contributed by atoms with van der Waals surface area (Å²) >= 11 is 1.43. The van der Waals surface area contributed by atoms with E-state index in [1.165, 1.54) is 17.8 Å². The van der Waals surface area contributed by atoms with Gasteiger partial charge in [0.25, 0.3) is 0 Å². The van der Waals surface area contributed by atoms with Crippen LogP contribution in [0.25, 0.3) is 0 Å². The number of carbonyl (C=O) groups excluding carboxylic acids is 2. The molecule has 2 heterocycles. The molecule has 2 rings (SSSR count). The predicted octanol–water partition coefficient (Wildman–Crippen LogP) is 3.21. The molecule has 1 saturated heterocycles. The molecular formula is C17H26N2O3S. The second kappa shape index (κ2) is 7.93. The number of likely N-dealkylation sites (tertiary alicyclic amines) is 1. The Bertz CT molecular complexity index is 583. The van der Waals surface area contributed by atoms with Crippen molar-refractivity contribution in [3.63, 3.8) is 0 Å². The molecule has 0 aliphatic carbocycles. The monoisotopic (exact) mass is 338 g/mol. The molecule has 1 aromatic heterocycles. The lowest BCUT2D eigenvalue weighted by Crippen LogP contribution is -2.39. The molecule has 0 saturated carbocycles. The fraction of sp³-hybridized carbons (Fsp3) is 0.647. The Balaban J connectivity index is 2.05. The molecular weight excluding hydrogens is 312 g/mol. The van der Waals surface area contributed by atoms with Crippen molar-refractivity contribution in [3.8, 4) is 0 Å². The molecule has 1 aliphatic rings. The summed E-state index contributed by atoms with van der Waals surface area (Å²) in [6.45, 7) is 10.5. The SMILES string of the molecule is CCOC(=O)c1c(NC(=O)CN2CCCC(C)C2)sc(C)c1C. The Morgan fingerprint density at radius 3 is 2.78 bits per heavy atom. The Morgan fingerprint density at radius 1 is 1.39 bits per heavy atom. The number of hydrogen-bond donors (Lipinski definition) is 1. The van der Waals surface area contributed by atoms with Gasteiger partial charge in [-0.3, -0.25) is 9.69 Å². The minimum Gasteiger partial charge on any atom is -0.462 e. The number of carbonyl (C=O) groups is 2. The highest BCUT2D eigenvalue weighted by Gasteiger charge is 2.23. The Kier molecular flexibility index (Phi) is 6.18. The van der Waals surface area contributed by atoms with Gasteiger partial charge in [-0.15, -0.1) is 11.3 Å². The molecule has 1 atom stereocenters. The third-order valence-corrected chi connectivity index (χ3v) is 5.35. The summed E-state index contributed by atoms with van der Waals surface area (Å²) in [5, 5.41) is 3.52. The van der Waals surface area contributed by atoms with Crippen LogP contribution >= 0.6 is 11.3 Å². The van der Waals surface area contributed by atoms with E-state index < -0.39 is 0 Å². The standard InChI is InChI=1S/C17H26N2O3S/c1-5-22-17(21)15-12(3)13(4)23-16(15)18-14(20)10-19-8-6-7-11(2)9-19/h11H,5-10H2,1-4H3,(H,18,20). The second-order valence-corrected chi connectivity index (χ2v) is 7.46. The van der Waals surface area contributed by atoms with E-state index in [4.69, 9.17) is 4.74 Å². The lowest BCUT2D eigenvalue weighted by molar-refractivity contribution is -0.117. The average molecular weight is 338 g/mol. The number of amides is 1. The van der Waals surface area contributed by atoms with Crippen molar-refractivity contribution in [2.75, 3.05) is 31.6 Å². The second-order valence-electron chi connectivity index (χ2n) is 6.24. The van der Waals surface area contributed by atoms with Gasteiger partial charge in [0.2, 0.25) is 5.91 Å². The fourth-order valence-electron chi connectivity index (χ4n) is 2.96. The molecule has 0 radical (unpaired) electrons. The first-order valence-corrected chi connectivity index (χ1v) is 9.03. The summed E-state index contributed by atoms with van der Waals surface area (Å²) in [7, 11) is 0. The van der Waals surface area contributed by atoms with Gasteiger partial charge in [-0.1, -0.05) is 6.92 Å². The van der Waals surface area contributed by atoms with Crippen molar-refractivity contribution in [2.45, 2.75) is 40.5 Å². The first-order chi connectivity index (χ1) is 10.9. The summed E-state index contributed by atoms with van der Waals surface area (Å²) in [4.78, 5) is 27.7. The molecule has 1 aliphatic heterocycles. The van der Waals surface area contributed by atoms with Crippen LogP contribution in [0.15, 0.2) is 0 Å². The van der Waals surface area contributed by atoms with Gasteiger partial charge in [-0.05, 0) is 51.6 Å². The molecule has 0 aromatic carbocycles. The number of hydrogen-bond acceptors (Lipinski definition) is 5. The molecule has 0 bridgehead atoms. The van der Waals surface area contributed by atoms with Gasteiger partial charge in [-0.2, -0.15) is 0 Å². The number of piperidine rings is 1. The summed E-state index contributed by atoms with van der Waals surface area (Å²) in [6.07, 6.45) is 2.37.